The van der Waals surface area contributed by atoms with Crippen LogP contribution in [0.2, 0.25) is 0 Å². The molecule has 2 fully saturated rings. The zero-order valence-corrected chi connectivity index (χ0v) is 16.3. The van der Waals surface area contributed by atoms with Gasteiger partial charge >= 0.3 is 0 Å². The summed E-state index contributed by atoms with van der Waals surface area (Å²) in [6.45, 7) is 0.999. The first kappa shape index (κ1) is 23.3. The number of benzene rings is 1. The van der Waals surface area contributed by atoms with E-state index in [1.54, 1.807) is 31.2 Å². The van der Waals surface area contributed by atoms with E-state index in [2.05, 4.69) is 0 Å². The molecular weight excluding hydrogens is 404 g/mol. The molecule has 0 amide bonds. The normalized spacial score (nSPS) is 42.1. The van der Waals surface area contributed by atoms with Gasteiger partial charge in [0.05, 0.1) is 19.3 Å². The Balaban J connectivity index is 1.55. The Labute approximate surface area is 172 Å². The number of ether oxygens (including phenoxy) is 4. The van der Waals surface area contributed by atoms with Gasteiger partial charge < -0.3 is 54.7 Å². The average molecular weight is 432 g/mol. The summed E-state index contributed by atoms with van der Waals surface area (Å²) in [5.74, 6) is 0.339. The monoisotopic (exact) mass is 432 g/mol. The van der Waals surface area contributed by atoms with E-state index in [1.165, 1.54) is 0 Å². The molecular formula is C19H28O11. The molecule has 0 aliphatic carbocycles. The topological polar surface area (TPSA) is 179 Å². The smallest absolute Gasteiger partial charge is 0.229 e. The third-order valence-electron chi connectivity index (χ3n) is 5.25. The first-order chi connectivity index (χ1) is 14.2. The molecule has 0 spiro atoms. The van der Waals surface area contributed by atoms with Gasteiger partial charge in [-0.2, -0.15) is 0 Å². The Bertz CT molecular complexity index is 669. The maximum atomic E-state index is 10.0. The van der Waals surface area contributed by atoms with Crippen LogP contribution >= 0.6 is 0 Å². The Morgan fingerprint density at radius 2 is 1.37 bits per heavy atom. The van der Waals surface area contributed by atoms with Crippen LogP contribution in [-0.2, 0) is 20.8 Å². The second-order valence-corrected chi connectivity index (χ2v) is 7.45. The summed E-state index contributed by atoms with van der Waals surface area (Å²) in [4.78, 5) is 0. The van der Waals surface area contributed by atoms with Crippen molar-refractivity contribution in [1.82, 2.24) is 0 Å². The SMILES string of the molecule is CC1O[C@@H](Oc2ccc(CO[C@@H]3OC(CO)[C@@H](O)C(O)C3O)cc2)C(O)C(O)[C@@H]1O. The number of hydrogen-bond donors (Lipinski definition) is 7. The van der Waals surface area contributed by atoms with E-state index in [4.69, 9.17) is 18.9 Å². The summed E-state index contributed by atoms with van der Waals surface area (Å²) in [6.07, 6.45) is -12.7. The van der Waals surface area contributed by atoms with Crippen LogP contribution < -0.4 is 4.74 Å². The lowest BCUT2D eigenvalue weighted by Gasteiger charge is -2.39. The van der Waals surface area contributed by atoms with Gasteiger partial charge in [0.2, 0.25) is 6.29 Å². The summed E-state index contributed by atoms with van der Waals surface area (Å²) < 4.78 is 21.6. The van der Waals surface area contributed by atoms with E-state index in [1.807, 2.05) is 0 Å². The Hall–Kier alpha value is -1.38. The van der Waals surface area contributed by atoms with Crippen LogP contribution in [0.3, 0.4) is 0 Å². The molecule has 11 nitrogen and oxygen atoms in total. The third kappa shape index (κ3) is 4.92. The lowest BCUT2D eigenvalue weighted by atomic mass is 9.99. The molecule has 0 aromatic heterocycles. The minimum Gasteiger partial charge on any atom is -0.462 e. The maximum absolute atomic E-state index is 10.0. The molecule has 170 valence electrons. The minimum atomic E-state index is -1.52. The van der Waals surface area contributed by atoms with E-state index < -0.39 is 68.0 Å². The van der Waals surface area contributed by atoms with Crippen molar-refractivity contribution in [2.75, 3.05) is 6.61 Å². The molecule has 6 unspecified atom stereocenters. The Morgan fingerprint density at radius 3 is 2.00 bits per heavy atom. The number of rotatable bonds is 6. The van der Waals surface area contributed by atoms with Gasteiger partial charge in [0.15, 0.2) is 6.29 Å². The van der Waals surface area contributed by atoms with E-state index in [0.717, 1.165) is 0 Å². The Kier molecular flexibility index (Phi) is 7.63. The molecule has 0 saturated carbocycles. The van der Waals surface area contributed by atoms with Crippen molar-refractivity contribution in [3.05, 3.63) is 29.8 Å². The average Bonchev–Trinajstić information content (AvgIpc) is 2.75. The zero-order valence-electron chi connectivity index (χ0n) is 16.3. The first-order valence-corrected chi connectivity index (χ1v) is 9.60. The molecule has 2 heterocycles. The quantitative estimate of drug-likeness (QED) is 0.247. The zero-order chi connectivity index (χ0) is 22.0. The first-order valence-electron chi connectivity index (χ1n) is 9.60. The predicted octanol–water partition coefficient (Wildman–Crippen LogP) is -2.79. The highest BCUT2D eigenvalue weighted by Crippen LogP contribution is 2.26. The predicted molar refractivity (Wildman–Crippen MR) is 98.0 cm³/mol. The van der Waals surface area contributed by atoms with Crippen molar-refractivity contribution in [1.29, 1.82) is 0 Å². The van der Waals surface area contributed by atoms with Gasteiger partial charge in [-0.15, -0.1) is 0 Å². The number of aliphatic hydroxyl groups excluding tert-OH is 7. The van der Waals surface area contributed by atoms with Crippen LogP contribution in [0.5, 0.6) is 5.75 Å². The van der Waals surface area contributed by atoms with E-state index >= 15 is 0 Å². The summed E-state index contributed by atoms with van der Waals surface area (Å²) in [5, 5.41) is 68.3. The van der Waals surface area contributed by atoms with Gasteiger partial charge in [-0.3, -0.25) is 0 Å². The van der Waals surface area contributed by atoms with Crippen LogP contribution in [0.1, 0.15) is 12.5 Å². The van der Waals surface area contributed by atoms with Gasteiger partial charge in [-0.25, -0.2) is 0 Å². The second-order valence-electron chi connectivity index (χ2n) is 7.45. The van der Waals surface area contributed by atoms with Crippen molar-refractivity contribution in [3.63, 3.8) is 0 Å². The van der Waals surface area contributed by atoms with Crippen molar-refractivity contribution >= 4 is 0 Å². The second kappa shape index (κ2) is 9.83. The van der Waals surface area contributed by atoms with Gasteiger partial charge in [0.25, 0.3) is 0 Å². The highest BCUT2D eigenvalue weighted by molar-refractivity contribution is 5.27. The summed E-state index contributed by atoms with van der Waals surface area (Å²) in [5.41, 5.74) is 0.660. The number of aliphatic hydroxyl groups is 7. The van der Waals surface area contributed by atoms with Gasteiger partial charge in [-0.05, 0) is 24.6 Å². The van der Waals surface area contributed by atoms with Gasteiger partial charge in [-0.1, -0.05) is 12.1 Å². The third-order valence-corrected chi connectivity index (χ3v) is 5.25. The molecule has 7 N–H and O–H groups in total. The fourth-order valence-electron chi connectivity index (χ4n) is 3.29. The minimum absolute atomic E-state index is 0.00648. The molecule has 1 aromatic rings. The van der Waals surface area contributed by atoms with E-state index in [0.29, 0.717) is 11.3 Å². The highest BCUT2D eigenvalue weighted by Gasteiger charge is 2.44. The standard InChI is InChI=1S/C19H28O11/c1-8-12(21)14(23)17(26)19(28-8)29-10-4-2-9(3-5-10)7-27-18-16(25)15(24)13(22)11(6-20)30-18/h2-5,8,11-26H,6-7H2,1H3/t8?,11?,12-,13-,14?,15?,16?,17?,18-,19+/m1/s1. The molecule has 0 bridgehead atoms. The molecule has 11 heteroatoms. The molecule has 1 aromatic carbocycles. The van der Waals surface area contributed by atoms with Crippen molar-refractivity contribution in [2.45, 2.75) is 74.9 Å². The highest BCUT2D eigenvalue weighted by atomic mass is 16.7. The molecule has 30 heavy (non-hydrogen) atoms. The van der Waals surface area contributed by atoms with E-state index in [9.17, 15) is 35.7 Å². The fraction of sp³-hybridized carbons (Fsp3) is 0.684. The van der Waals surface area contributed by atoms with Crippen molar-refractivity contribution < 1.29 is 54.7 Å². The molecule has 2 saturated heterocycles. The number of hydrogen-bond acceptors (Lipinski definition) is 11. The lowest BCUT2D eigenvalue weighted by Crippen LogP contribution is -2.59. The van der Waals surface area contributed by atoms with Crippen LogP contribution in [0.4, 0.5) is 0 Å². The van der Waals surface area contributed by atoms with Crippen LogP contribution in [-0.4, -0.2) is 104 Å². The van der Waals surface area contributed by atoms with Crippen molar-refractivity contribution in [2.24, 2.45) is 0 Å². The van der Waals surface area contributed by atoms with Gasteiger partial charge in [0, 0.05) is 0 Å². The Morgan fingerprint density at radius 1 is 0.767 bits per heavy atom. The van der Waals surface area contributed by atoms with Crippen LogP contribution in [0, 0.1) is 0 Å². The summed E-state index contributed by atoms with van der Waals surface area (Å²) >= 11 is 0. The summed E-state index contributed by atoms with van der Waals surface area (Å²) in [6, 6.07) is 6.43. The van der Waals surface area contributed by atoms with Crippen molar-refractivity contribution in [3.8, 4) is 5.75 Å². The molecule has 2 aliphatic rings. The molecule has 3 rings (SSSR count). The fourth-order valence-corrected chi connectivity index (χ4v) is 3.29. The molecule has 2 aliphatic heterocycles. The summed E-state index contributed by atoms with van der Waals surface area (Å²) in [7, 11) is 0. The van der Waals surface area contributed by atoms with E-state index in [-0.39, 0.29) is 6.61 Å². The maximum Gasteiger partial charge on any atom is 0.229 e. The van der Waals surface area contributed by atoms with Crippen LogP contribution in [0.25, 0.3) is 0 Å². The molecule has 0 radical (unpaired) electrons. The largest absolute Gasteiger partial charge is 0.462 e. The molecule has 10 atom stereocenters. The lowest BCUT2D eigenvalue weighted by molar-refractivity contribution is -0.304. The van der Waals surface area contributed by atoms with Crippen LogP contribution in [0.15, 0.2) is 24.3 Å². The van der Waals surface area contributed by atoms with Gasteiger partial charge in [0.1, 0.15) is 48.5 Å².